The minimum absolute atomic E-state index is 0.0434. The SMILES string of the molecule is C[C@]12CC[C@H](OC(=O)Cc3cccc(CC(=O)O)c3)CC1=CC[C@@H]1[C@@H]2CC[C@]2(C)C(n3cnc4ccccc43)=CC[C@@H]12. The number of hydrogen-bond acceptors (Lipinski definition) is 4. The largest absolute Gasteiger partial charge is 0.481 e. The predicted octanol–water partition coefficient (Wildman–Crippen LogP) is 7.23. The van der Waals surface area contributed by atoms with Gasteiger partial charge < -0.3 is 14.4 Å². The van der Waals surface area contributed by atoms with E-state index in [0.717, 1.165) is 43.2 Å². The van der Waals surface area contributed by atoms with E-state index in [0.29, 0.717) is 23.3 Å². The Morgan fingerprint density at radius 1 is 0.952 bits per heavy atom. The van der Waals surface area contributed by atoms with Crippen LogP contribution in [0.25, 0.3) is 16.7 Å². The highest BCUT2D eigenvalue weighted by Gasteiger charge is 2.57. The first kappa shape index (κ1) is 27.2. The molecule has 2 saturated carbocycles. The summed E-state index contributed by atoms with van der Waals surface area (Å²) in [7, 11) is 0. The van der Waals surface area contributed by atoms with E-state index in [1.807, 2.05) is 18.5 Å². The first-order valence-electron chi connectivity index (χ1n) is 15.6. The minimum atomic E-state index is -0.873. The van der Waals surface area contributed by atoms with Crippen LogP contribution < -0.4 is 0 Å². The van der Waals surface area contributed by atoms with Crippen molar-refractivity contribution in [2.75, 3.05) is 0 Å². The van der Waals surface area contributed by atoms with Crippen molar-refractivity contribution in [2.45, 2.75) is 77.7 Å². The van der Waals surface area contributed by atoms with Crippen molar-refractivity contribution in [3.05, 3.63) is 83.7 Å². The number of ether oxygens (including phenoxy) is 1. The summed E-state index contributed by atoms with van der Waals surface area (Å²) in [4.78, 5) is 28.6. The van der Waals surface area contributed by atoms with Crippen molar-refractivity contribution in [3.63, 3.8) is 0 Å². The second-order valence-electron chi connectivity index (χ2n) is 13.6. The van der Waals surface area contributed by atoms with E-state index in [4.69, 9.17) is 14.8 Å². The number of imidazole rings is 1. The monoisotopic (exact) mass is 564 g/mol. The normalized spacial score (nSPS) is 31.9. The molecule has 7 rings (SSSR count). The number of nitrogens with zero attached hydrogens (tertiary/aromatic N) is 2. The fourth-order valence-electron chi connectivity index (χ4n) is 9.22. The number of aromatic nitrogens is 2. The van der Waals surface area contributed by atoms with Gasteiger partial charge in [0.05, 0.1) is 23.9 Å². The third-order valence-corrected chi connectivity index (χ3v) is 11.3. The Bertz CT molecular complexity index is 1620. The van der Waals surface area contributed by atoms with E-state index in [1.165, 1.54) is 29.6 Å². The first-order valence-corrected chi connectivity index (χ1v) is 15.6. The average Bonchev–Trinajstić information content (AvgIpc) is 3.53. The van der Waals surface area contributed by atoms with Crippen LogP contribution in [0.1, 0.15) is 69.9 Å². The van der Waals surface area contributed by atoms with Crippen LogP contribution in [0.2, 0.25) is 0 Å². The van der Waals surface area contributed by atoms with Gasteiger partial charge in [0, 0.05) is 17.5 Å². The van der Waals surface area contributed by atoms with Gasteiger partial charge >= 0.3 is 11.9 Å². The van der Waals surface area contributed by atoms with E-state index >= 15 is 0 Å². The highest BCUT2D eigenvalue weighted by molar-refractivity contribution is 5.80. The summed E-state index contributed by atoms with van der Waals surface area (Å²) < 4.78 is 8.36. The van der Waals surface area contributed by atoms with Crippen molar-refractivity contribution < 1.29 is 19.4 Å². The van der Waals surface area contributed by atoms with E-state index in [2.05, 4.69) is 54.8 Å². The molecule has 2 fully saturated rings. The van der Waals surface area contributed by atoms with E-state index < -0.39 is 5.97 Å². The highest BCUT2D eigenvalue weighted by atomic mass is 16.5. The first-order chi connectivity index (χ1) is 20.2. The third-order valence-electron chi connectivity index (χ3n) is 11.3. The smallest absolute Gasteiger partial charge is 0.310 e. The fourth-order valence-corrected chi connectivity index (χ4v) is 9.22. The number of carboxylic acid groups (broad SMARTS) is 1. The number of benzene rings is 2. The summed E-state index contributed by atoms with van der Waals surface area (Å²) in [6, 6.07) is 15.7. The molecule has 0 aliphatic heterocycles. The van der Waals surface area contributed by atoms with Crippen LogP contribution in [0.5, 0.6) is 0 Å². The molecule has 1 aromatic heterocycles. The molecular weight excluding hydrogens is 524 g/mol. The van der Waals surface area contributed by atoms with Gasteiger partial charge in [-0.2, -0.15) is 0 Å². The molecule has 6 atom stereocenters. The molecule has 2 aromatic carbocycles. The molecule has 0 spiro atoms. The zero-order valence-corrected chi connectivity index (χ0v) is 24.6. The maximum atomic E-state index is 12.9. The molecule has 218 valence electrons. The van der Waals surface area contributed by atoms with Crippen LogP contribution in [0.4, 0.5) is 0 Å². The Kier molecular flexibility index (Phi) is 6.63. The number of carbonyl (C=O) groups is 2. The molecule has 1 N–H and O–H groups in total. The molecular formula is C36H40N2O4. The second-order valence-corrected chi connectivity index (χ2v) is 13.6. The van der Waals surface area contributed by atoms with Gasteiger partial charge in [-0.25, -0.2) is 4.98 Å². The van der Waals surface area contributed by atoms with Crippen molar-refractivity contribution in [2.24, 2.45) is 28.6 Å². The molecule has 6 heteroatoms. The molecule has 4 aliphatic rings. The molecule has 4 aliphatic carbocycles. The quantitative estimate of drug-likeness (QED) is 0.252. The number of rotatable bonds is 6. The van der Waals surface area contributed by atoms with Crippen molar-refractivity contribution in [1.82, 2.24) is 9.55 Å². The van der Waals surface area contributed by atoms with Crippen molar-refractivity contribution in [3.8, 4) is 0 Å². The Morgan fingerprint density at radius 3 is 2.57 bits per heavy atom. The zero-order valence-electron chi connectivity index (χ0n) is 24.6. The van der Waals surface area contributed by atoms with Gasteiger partial charge in [0.25, 0.3) is 0 Å². The number of aliphatic carboxylic acids is 1. The standard InChI is InChI=1S/C36H40N2O4/c1-35-16-14-26(42-34(41)20-24-7-5-6-23(18-24)19-33(39)40)21-25(35)10-11-27-28-12-13-32(36(28,2)17-15-29(27)35)38-22-37-30-8-3-4-9-31(30)38/h3-10,13,18,22,26-29H,11-12,14-17,19-21H2,1-2H3,(H,39,40)/t26-,27-,28-,29-,35-,36-/m0/s1. The molecule has 1 heterocycles. The van der Waals surface area contributed by atoms with Gasteiger partial charge in [-0.05, 0) is 85.0 Å². The predicted molar refractivity (Wildman–Crippen MR) is 162 cm³/mol. The molecule has 0 bridgehead atoms. The van der Waals surface area contributed by atoms with Crippen LogP contribution >= 0.6 is 0 Å². The van der Waals surface area contributed by atoms with E-state index in [9.17, 15) is 9.59 Å². The van der Waals surface area contributed by atoms with Crippen LogP contribution in [0.3, 0.4) is 0 Å². The molecule has 0 amide bonds. The van der Waals surface area contributed by atoms with Crippen molar-refractivity contribution >= 4 is 28.7 Å². The number of hydrogen-bond donors (Lipinski definition) is 1. The lowest BCUT2D eigenvalue weighted by Crippen LogP contribution is -2.50. The van der Waals surface area contributed by atoms with Crippen LogP contribution in [0, 0.1) is 28.6 Å². The van der Waals surface area contributed by atoms with Crippen molar-refractivity contribution in [1.29, 1.82) is 0 Å². The maximum absolute atomic E-state index is 12.9. The summed E-state index contributed by atoms with van der Waals surface area (Å²) in [5, 5.41) is 9.08. The van der Waals surface area contributed by atoms with Gasteiger partial charge in [-0.1, -0.05) is 68.0 Å². The number of para-hydroxylation sites is 2. The number of fused-ring (bicyclic) bond motifs is 6. The summed E-state index contributed by atoms with van der Waals surface area (Å²) >= 11 is 0. The summed E-state index contributed by atoms with van der Waals surface area (Å²) in [5.41, 5.74) is 7.01. The molecule has 3 aromatic rings. The Morgan fingerprint density at radius 2 is 1.74 bits per heavy atom. The number of carbonyl (C=O) groups excluding carboxylic acids is 1. The van der Waals surface area contributed by atoms with Crippen LogP contribution in [-0.2, 0) is 27.2 Å². The van der Waals surface area contributed by atoms with E-state index in [1.54, 1.807) is 12.1 Å². The summed E-state index contributed by atoms with van der Waals surface area (Å²) in [5.74, 6) is 0.863. The lowest BCUT2D eigenvalue weighted by molar-refractivity contribution is -0.150. The van der Waals surface area contributed by atoms with Gasteiger partial charge in [0.1, 0.15) is 12.4 Å². The lowest BCUT2D eigenvalue weighted by Gasteiger charge is -2.57. The third kappa shape index (κ3) is 4.50. The summed E-state index contributed by atoms with van der Waals surface area (Å²) in [6.45, 7) is 4.98. The van der Waals surface area contributed by atoms with Crippen LogP contribution in [0.15, 0.2) is 72.6 Å². The van der Waals surface area contributed by atoms with Gasteiger partial charge in [0.15, 0.2) is 0 Å². The van der Waals surface area contributed by atoms with E-state index in [-0.39, 0.29) is 35.7 Å². The zero-order chi connectivity index (χ0) is 29.1. The summed E-state index contributed by atoms with van der Waals surface area (Å²) in [6.07, 6.45) is 14.5. The van der Waals surface area contributed by atoms with Gasteiger partial charge in [-0.3, -0.25) is 9.59 Å². The maximum Gasteiger partial charge on any atom is 0.310 e. The Hall–Kier alpha value is -3.67. The Balaban J connectivity index is 1.04. The number of esters is 1. The topological polar surface area (TPSA) is 81.4 Å². The average molecular weight is 565 g/mol. The molecule has 0 radical (unpaired) electrons. The molecule has 6 nitrogen and oxygen atoms in total. The Labute approximate surface area is 247 Å². The molecule has 42 heavy (non-hydrogen) atoms. The molecule has 0 saturated heterocycles. The molecule has 0 unspecified atom stereocenters. The lowest BCUT2D eigenvalue weighted by atomic mass is 9.47. The van der Waals surface area contributed by atoms with Gasteiger partial charge in [-0.15, -0.1) is 0 Å². The number of carboxylic acids is 1. The minimum Gasteiger partial charge on any atom is -0.481 e. The van der Waals surface area contributed by atoms with Gasteiger partial charge in [0.2, 0.25) is 0 Å². The fraction of sp³-hybridized carbons (Fsp3) is 0.472. The second kappa shape index (κ2) is 10.3. The highest BCUT2D eigenvalue weighted by Crippen LogP contribution is 2.65. The number of allylic oxidation sites excluding steroid dienone is 3. The van der Waals surface area contributed by atoms with Crippen LogP contribution in [-0.4, -0.2) is 32.7 Å².